The summed E-state index contributed by atoms with van der Waals surface area (Å²) in [6.07, 6.45) is -0.636. The standard InChI is InChI=1S/C21H22F2N8O/c1-10-25-15-4-3-14(26-20(15)30(10)7-16(22)23)11-5-6-31-18(11)19(24-2)28-21(29-31)27-17-12-8-32-9-13(12)17/h3-6,12-13,16-17H,7-9H2,1-2H3,(H2,24,27,28,29)/t12-,13?,17?/m0/s1. The predicted molar refractivity (Wildman–Crippen MR) is 115 cm³/mol. The Hall–Kier alpha value is -3.34. The highest BCUT2D eigenvalue weighted by molar-refractivity contribution is 5.89. The van der Waals surface area contributed by atoms with Crippen LogP contribution in [0.15, 0.2) is 24.4 Å². The molecule has 2 aliphatic rings. The molecule has 1 aliphatic carbocycles. The van der Waals surface area contributed by atoms with Crippen molar-refractivity contribution in [2.24, 2.45) is 11.8 Å². The molecule has 0 aromatic carbocycles. The smallest absolute Gasteiger partial charge is 0.256 e. The lowest BCUT2D eigenvalue weighted by molar-refractivity contribution is 0.127. The van der Waals surface area contributed by atoms with Gasteiger partial charge in [-0.25, -0.2) is 23.3 Å². The van der Waals surface area contributed by atoms with Crippen molar-refractivity contribution < 1.29 is 13.5 Å². The number of alkyl halides is 2. The molecule has 1 saturated heterocycles. The Kier molecular flexibility index (Phi) is 4.29. The van der Waals surface area contributed by atoms with E-state index in [1.165, 1.54) is 4.57 Å². The number of nitrogens with one attached hydrogen (secondary N) is 2. The third-order valence-corrected chi connectivity index (χ3v) is 6.38. The van der Waals surface area contributed by atoms with Gasteiger partial charge in [-0.3, -0.25) is 0 Å². The van der Waals surface area contributed by atoms with Gasteiger partial charge < -0.3 is 19.9 Å². The molecule has 0 radical (unpaired) electrons. The minimum atomic E-state index is -2.49. The lowest BCUT2D eigenvalue weighted by atomic mass is 10.2. The van der Waals surface area contributed by atoms with Crippen molar-refractivity contribution in [3.63, 3.8) is 0 Å². The van der Waals surface area contributed by atoms with Crippen molar-refractivity contribution in [1.82, 2.24) is 29.1 Å². The minimum absolute atomic E-state index is 0.350. The summed E-state index contributed by atoms with van der Waals surface area (Å²) in [7, 11) is 1.81. The maximum absolute atomic E-state index is 13.1. The second-order valence-electron chi connectivity index (χ2n) is 8.29. The molecular formula is C21H22F2N8O. The maximum Gasteiger partial charge on any atom is 0.256 e. The predicted octanol–water partition coefficient (Wildman–Crippen LogP) is 2.81. The Bertz CT molecular complexity index is 1320. The number of nitrogens with zero attached hydrogens (tertiary/aromatic N) is 6. The Morgan fingerprint density at radius 2 is 1.97 bits per heavy atom. The van der Waals surface area contributed by atoms with E-state index in [0.717, 1.165) is 24.3 Å². The summed E-state index contributed by atoms with van der Waals surface area (Å²) >= 11 is 0. The van der Waals surface area contributed by atoms with Crippen molar-refractivity contribution in [3.8, 4) is 11.3 Å². The largest absolute Gasteiger partial charge is 0.381 e. The summed E-state index contributed by atoms with van der Waals surface area (Å²) in [6, 6.07) is 5.90. The van der Waals surface area contributed by atoms with Crippen LogP contribution in [0.4, 0.5) is 20.5 Å². The molecule has 4 aromatic heterocycles. The molecule has 3 atom stereocenters. The molecule has 0 spiro atoms. The highest BCUT2D eigenvalue weighted by Crippen LogP contribution is 2.45. The first kappa shape index (κ1) is 19.4. The van der Waals surface area contributed by atoms with Gasteiger partial charge in [0.2, 0.25) is 5.95 Å². The van der Waals surface area contributed by atoms with Crippen LogP contribution in [0.1, 0.15) is 5.82 Å². The number of aromatic nitrogens is 6. The number of imidazole rings is 1. The van der Waals surface area contributed by atoms with E-state index in [0.29, 0.717) is 52.3 Å². The van der Waals surface area contributed by atoms with E-state index in [-0.39, 0.29) is 0 Å². The zero-order chi connectivity index (χ0) is 22.0. The molecule has 11 heteroatoms. The molecule has 166 valence electrons. The second-order valence-corrected chi connectivity index (χ2v) is 8.29. The zero-order valence-corrected chi connectivity index (χ0v) is 17.6. The molecule has 2 N–H and O–H groups in total. The van der Waals surface area contributed by atoms with Crippen LogP contribution in [-0.4, -0.2) is 61.9 Å². The Balaban J connectivity index is 1.40. The molecule has 1 aliphatic heterocycles. The molecule has 0 bridgehead atoms. The van der Waals surface area contributed by atoms with E-state index in [4.69, 9.17) is 4.74 Å². The molecule has 5 heterocycles. The van der Waals surface area contributed by atoms with E-state index in [1.54, 1.807) is 24.6 Å². The summed E-state index contributed by atoms with van der Waals surface area (Å²) in [6.45, 7) is 2.84. The number of rotatable bonds is 6. The molecule has 2 unspecified atom stereocenters. The van der Waals surface area contributed by atoms with Gasteiger partial charge in [-0.2, -0.15) is 4.98 Å². The van der Waals surface area contributed by atoms with Crippen LogP contribution in [0, 0.1) is 18.8 Å². The van der Waals surface area contributed by atoms with Crippen molar-refractivity contribution >= 4 is 28.4 Å². The summed E-state index contributed by atoms with van der Waals surface area (Å²) < 4.78 is 34.8. The summed E-state index contributed by atoms with van der Waals surface area (Å²) in [5.41, 5.74) is 3.24. The molecule has 32 heavy (non-hydrogen) atoms. The van der Waals surface area contributed by atoms with Gasteiger partial charge in [0, 0.05) is 36.7 Å². The van der Waals surface area contributed by atoms with Crippen molar-refractivity contribution in [2.45, 2.75) is 25.9 Å². The fraction of sp³-hybridized carbons (Fsp3) is 0.429. The van der Waals surface area contributed by atoms with Crippen LogP contribution in [0.5, 0.6) is 0 Å². The third kappa shape index (κ3) is 2.99. The molecule has 2 fully saturated rings. The minimum Gasteiger partial charge on any atom is -0.381 e. The number of ether oxygens (including phenoxy) is 1. The average molecular weight is 440 g/mol. The molecule has 6 rings (SSSR count). The number of aryl methyl sites for hydroxylation is 1. The van der Waals surface area contributed by atoms with Gasteiger partial charge >= 0.3 is 0 Å². The van der Waals surface area contributed by atoms with Crippen molar-refractivity contribution in [3.05, 3.63) is 30.2 Å². The van der Waals surface area contributed by atoms with Gasteiger partial charge in [-0.05, 0) is 25.1 Å². The molecule has 0 amide bonds. The van der Waals surface area contributed by atoms with Crippen LogP contribution < -0.4 is 10.6 Å². The zero-order valence-electron chi connectivity index (χ0n) is 17.6. The monoisotopic (exact) mass is 440 g/mol. The molecular weight excluding hydrogens is 418 g/mol. The first-order valence-electron chi connectivity index (χ1n) is 10.6. The topological polar surface area (TPSA) is 94.2 Å². The van der Waals surface area contributed by atoms with Crippen LogP contribution in [-0.2, 0) is 11.3 Å². The quantitative estimate of drug-likeness (QED) is 0.476. The Labute approximate surface area is 181 Å². The molecule has 4 aromatic rings. The summed E-state index contributed by atoms with van der Waals surface area (Å²) in [5, 5.41) is 11.2. The Morgan fingerprint density at radius 3 is 2.72 bits per heavy atom. The number of anilines is 2. The van der Waals surface area contributed by atoms with E-state index >= 15 is 0 Å². The fourth-order valence-electron chi connectivity index (χ4n) is 4.69. The first-order chi connectivity index (χ1) is 15.5. The van der Waals surface area contributed by atoms with E-state index < -0.39 is 13.0 Å². The van der Waals surface area contributed by atoms with Gasteiger partial charge in [0.1, 0.15) is 16.9 Å². The summed E-state index contributed by atoms with van der Waals surface area (Å²) in [5.74, 6) is 2.79. The lowest BCUT2D eigenvalue weighted by Crippen LogP contribution is -2.16. The van der Waals surface area contributed by atoms with Crippen LogP contribution in [0.3, 0.4) is 0 Å². The van der Waals surface area contributed by atoms with Gasteiger partial charge in [-0.15, -0.1) is 5.10 Å². The van der Waals surface area contributed by atoms with Gasteiger partial charge in [0.25, 0.3) is 6.43 Å². The highest BCUT2D eigenvalue weighted by atomic mass is 19.3. The normalized spacial score (nSPS) is 22.1. The van der Waals surface area contributed by atoms with Gasteiger partial charge in [-0.1, -0.05) is 0 Å². The second kappa shape index (κ2) is 7.09. The third-order valence-electron chi connectivity index (χ3n) is 6.38. The Morgan fingerprint density at radius 1 is 1.16 bits per heavy atom. The molecule has 9 nitrogen and oxygen atoms in total. The number of pyridine rings is 1. The number of hydrogen-bond donors (Lipinski definition) is 2. The van der Waals surface area contributed by atoms with Crippen LogP contribution in [0.2, 0.25) is 0 Å². The maximum atomic E-state index is 13.1. The summed E-state index contributed by atoms with van der Waals surface area (Å²) in [4.78, 5) is 13.7. The van der Waals surface area contributed by atoms with Crippen LogP contribution >= 0.6 is 0 Å². The van der Waals surface area contributed by atoms with Gasteiger partial charge in [0.15, 0.2) is 11.5 Å². The lowest BCUT2D eigenvalue weighted by Gasteiger charge is -2.11. The number of hydrogen-bond acceptors (Lipinski definition) is 7. The van der Waals surface area contributed by atoms with Crippen LogP contribution in [0.25, 0.3) is 27.9 Å². The van der Waals surface area contributed by atoms with Crippen molar-refractivity contribution in [1.29, 1.82) is 0 Å². The number of halogens is 2. The van der Waals surface area contributed by atoms with Gasteiger partial charge in [0.05, 0.1) is 25.5 Å². The number of fused-ring (bicyclic) bond motifs is 3. The fourth-order valence-corrected chi connectivity index (χ4v) is 4.69. The van der Waals surface area contributed by atoms with E-state index in [1.807, 2.05) is 18.3 Å². The van der Waals surface area contributed by atoms with E-state index in [2.05, 4.69) is 30.7 Å². The van der Waals surface area contributed by atoms with E-state index in [9.17, 15) is 8.78 Å². The average Bonchev–Trinajstić information content (AvgIpc) is 3.19. The van der Waals surface area contributed by atoms with Crippen molar-refractivity contribution in [2.75, 3.05) is 30.9 Å². The SMILES string of the molecule is CNc1nc(NC2C3COC[C@@H]32)nn2ccc(-c3ccc4nc(C)n(CC(F)F)c4n3)c12. The molecule has 1 saturated carbocycles. The first-order valence-corrected chi connectivity index (χ1v) is 10.6. The highest BCUT2D eigenvalue weighted by Gasteiger charge is 2.54.